The van der Waals surface area contributed by atoms with Gasteiger partial charge in [-0.1, -0.05) is 0 Å². The Hall–Kier alpha value is -2.52. The quantitative estimate of drug-likeness (QED) is 0.289. The summed E-state index contributed by atoms with van der Waals surface area (Å²) in [5.74, 6) is -1.37. The van der Waals surface area contributed by atoms with E-state index in [-0.39, 0.29) is 35.2 Å². The van der Waals surface area contributed by atoms with Crippen LogP contribution in [0.25, 0.3) is 5.57 Å². The van der Waals surface area contributed by atoms with Crippen molar-refractivity contribution in [2.45, 2.75) is 25.8 Å². The molecule has 0 bridgehead atoms. The van der Waals surface area contributed by atoms with Gasteiger partial charge in [0.1, 0.15) is 0 Å². The molecule has 1 aliphatic rings. The van der Waals surface area contributed by atoms with E-state index in [1.165, 1.54) is 26.4 Å². The molecule has 1 heterocycles. The highest BCUT2D eigenvalue weighted by molar-refractivity contribution is 5.92. The van der Waals surface area contributed by atoms with Gasteiger partial charge in [-0.25, -0.2) is 9.18 Å². The first-order valence-corrected chi connectivity index (χ1v) is 9.03. The fraction of sp³-hybridized carbons (Fsp3) is 0.526. The number of hydrogen-bond donors (Lipinski definition) is 0. The lowest BCUT2D eigenvalue weighted by Crippen LogP contribution is -2.40. The summed E-state index contributed by atoms with van der Waals surface area (Å²) in [4.78, 5) is 24.5. The highest BCUT2D eigenvalue weighted by atomic mass is 19.1. The molecule has 0 N–H and O–H groups in total. The molecule has 0 atom stereocenters. The van der Waals surface area contributed by atoms with Crippen molar-refractivity contribution in [3.63, 3.8) is 0 Å². The van der Waals surface area contributed by atoms with Gasteiger partial charge >= 0.3 is 5.97 Å². The van der Waals surface area contributed by atoms with Crippen molar-refractivity contribution in [1.29, 1.82) is 0 Å². The molecular formula is C19H25FN2O6. The third-order valence-electron chi connectivity index (χ3n) is 4.66. The number of nitrogens with zero attached hydrogens (tertiary/aromatic N) is 2. The van der Waals surface area contributed by atoms with Crippen LogP contribution < -0.4 is 4.90 Å². The molecule has 28 heavy (non-hydrogen) atoms. The largest absolute Gasteiger partial charge is 0.466 e. The minimum atomic E-state index is -0.718. The van der Waals surface area contributed by atoms with E-state index in [2.05, 4.69) is 4.74 Å². The molecule has 8 nitrogen and oxygen atoms in total. The summed E-state index contributed by atoms with van der Waals surface area (Å²) in [6.45, 7) is 3.30. The van der Waals surface area contributed by atoms with Crippen molar-refractivity contribution in [2.24, 2.45) is 0 Å². The van der Waals surface area contributed by atoms with E-state index < -0.39 is 16.7 Å². The van der Waals surface area contributed by atoms with Gasteiger partial charge in [0.2, 0.25) is 0 Å². The Bertz CT molecular complexity index is 746. The fourth-order valence-corrected chi connectivity index (χ4v) is 3.35. The molecule has 0 aliphatic carbocycles. The Morgan fingerprint density at radius 3 is 2.61 bits per heavy atom. The van der Waals surface area contributed by atoms with E-state index in [0.29, 0.717) is 32.6 Å². The molecule has 9 heteroatoms. The number of carbonyl (C=O) groups excluding carboxylic acids is 1. The summed E-state index contributed by atoms with van der Waals surface area (Å²) < 4.78 is 30.1. The minimum absolute atomic E-state index is 0.0253. The average Bonchev–Trinajstić information content (AvgIpc) is 2.69. The molecule has 2 rings (SSSR count). The smallest absolute Gasteiger partial charge is 0.330 e. The van der Waals surface area contributed by atoms with E-state index in [1.807, 2.05) is 6.92 Å². The zero-order valence-corrected chi connectivity index (χ0v) is 16.3. The van der Waals surface area contributed by atoms with Gasteiger partial charge in [0.25, 0.3) is 5.69 Å². The van der Waals surface area contributed by atoms with Gasteiger partial charge in [-0.3, -0.25) is 10.1 Å². The van der Waals surface area contributed by atoms with Gasteiger partial charge < -0.3 is 19.1 Å². The number of halogens is 1. The number of carbonyl (C=O) groups is 1. The molecule has 0 aromatic heterocycles. The summed E-state index contributed by atoms with van der Waals surface area (Å²) in [6, 6.07) is 2.42. The molecule has 0 amide bonds. The molecular weight excluding hydrogens is 371 g/mol. The lowest BCUT2D eigenvalue weighted by molar-refractivity contribution is -0.384. The van der Waals surface area contributed by atoms with Crippen molar-refractivity contribution < 1.29 is 28.3 Å². The number of benzene rings is 1. The summed E-state index contributed by atoms with van der Waals surface area (Å²) in [5.41, 5.74) is 0.0911. The van der Waals surface area contributed by atoms with Crippen molar-refractivity contribution in [3.8, 4) is 0 Å². The maximum atomic E-state index is 15.1. The van der Waals surface area contributed by atoms with Crippen LogP contribution in [-0.4, -0.2) is 57.5 Å². The minimum Gasteiger partial charge on any atom is -0.466 e. The summed E-state index contributed by atoms with van der Waals surface area (Å²) in [7, 11) is 2.62. The van der Waals surface area contributed by atoms with Crippen molar-refractivity contribution in [3.05, 3.63) is 39.7 Å². The Morgan fingerprint density at radius 1 is 1.39 bits per heavy atom. The van der Waals surface area contributed by atoms with Gasteiger partial charge in [0.15, 0.2) is 11.5 Å². The fourth-order valence-electron chi connectivity index (χ4n) is 3.35. The van der Waals surface area contributed by atoms with Crippen molar-refractivity contribution in [2.75, 3.05) is 45.5 Å². The number of anilines is 1. The Morgan fingerprint density at radius 2 is 2.07 bits per heavy atom. The SMILES string of the molecule is CCN(c1c(F)cc(C(=CC(=O)OC)COC)cc1[N+](=O)[O-])C1CCOCC1. The number of esters is 1. The van der Waals surface area contributed by atoms with Gasteiger partial charge in [-0.2, -0.15) is 0 Å². The van der Waals surface area contributed by atoms with E-state index in [9.17, 15) is 14.9 Å². The van der Waals surface area contributed by atoms with Gasteiger partial charge in [-0.15, -0.1) is 0 Å². The molecule has 1 aliphatic heterocycles. The number of rotatable bonds is 8. The zero-order chi connectivity index (χ0) is 20.7. The van der Waals surface area contributed by atoms with Crippen LogP contribution in [0.5, 0.6) is 0 Å². The first kappa shape index (κ1) is 21.8. The second-order valence-electron chi connectivity index (χ2n) is 6.34. The normalized spacial score (nSPS) is 15.4. The number of nitro groups is 1. The predicted molar refractivity (Wildman–Crippen MR) is 102 cm³/mol. The first-order chi connectivity index (χ1) is 13.4. The van der Waals surface area contributed by atoms with Crippen LogP contribution >= 0.6 is 0 Å². The van der Waals surface area contributed by atoms with Crippen LogP contribution in [0.1, 0.15) is 25.3 Å². The third kappa shape index (κ3) is 5.05. The second kappa shape index (κ2) is 10.1. The van der Waals surface area contributed by atoms with Crippen LogP contribution in [0.4, 0.5) is 15.8 Å². The van der Waals surface area contributed by atoms with E-state index in [4.69, 9.17) is 9.47 Å². The number of ether oxygens (including phenoxy) is 3. The lowest BCUT2D eigenvalue weighted by Gasteiger charge is -2.35. The van der Waals surface area contributed by atoms with Crippen molar-refractivity contribution >= 4 is 22.9 Å². The average molecular weight is 396 g/mol. The highest BCUT2D eigenvalue weighted by Crippen LogP contribution is 2.37. The second-order valence-corrected chi connectivity index (χ2v) is 6.34. The highest BCUT2D eigenvalue weighted by Gasteiger charge is 2.30. The van der Waals surface area contributed by atoms with E-state index >= 15 is 4.39 Å². The first-order valence-electron chi connectivity index (χ1n) is 9.03. The molecule has 1 fully saturated rings. The summed E-state index contributed by atoms with van der Waals surface area (Å²) >= 11 is 0. The molecule has 1 aromatic carbocycles. The van der Waals surface area contributed by atoms with Crippen molar-refractivity contribution in [1.82, 2.24) is 0 Å². The topological polar surface area (TPSA) is 91.1 Å². The molecule has 0 radical (unpaired) electrons. The van der Waals surface area contributed by atoms with Crippen LogP contribution in [0.15, 0.2) is 18.2 Å². The third-order valence-corrected chi connectivity index (χ3v) is 4.66. The standard InChI is InChI=1S/C19H25FN2O6/c1-4-21(15-5-7-28-8-6-15)19-16(20)9-13(10-17(19)22(24)25)14(12-26-2)11-18(23)27-3/h9-11,15H,4-8,12H2,1-3H3. The zero-order valence-electron chi connectivity index (χ0n) is 16.3. The molecule has 1 saturated heterocycles. The van der Waals surface area contributed by atoms with Crippen LogP contribution in [0.3, 0.4) is 0 Å². The maximum absolute atomic E-state index is 15.1. The van der Waals surface area contributed by atoms with Gasteiger partial charge in [-0.05, 0) is 37.0 Å². The van der Waals surface area contributed by atoms with Gasteiger partial charge in [0.05, 0.1) is 18.6 Å². The Balaban J connectivity index is 2.55. The molecule has 0 spiro atoms. The summed E-state index contributed by atoms with van der Waals surface area (Å²) in [5, 5.41) is 11.7. The Labute approximate surface area is 163 Å². The predicted octanol–water partition coefficient (Wildman–Crippen LogP) is 2.94. The monoisotopic (exact) mass is 396 g/mol. The molecule has 154 valence electrons. The van der Waals surface area contributed by atoms with Crippen LogP contribution in [0.2, 0.25) is 0 Å². The van der Waals surface area contributed by atoms with E-state index in [1.54, 1.807) is 4.90 Å². The number of methoxy groups -OCH3 is 2. The number of nitro benzene ring substituents is 1. The van der Waals surface area contributed by atoms with Gasteiger partial charge in [0, 0.05) is 45.1 Å². The molecule has 0 saturated carbocycles. The van der Waals surface area contributed by atoms with Crippen LogP contribution in [-0.2, 0) is 19.0 Å². The molecule has 0 unspecified atom stereocenters. The maximum Gasteiger partial charge on any atom is 0.330 e. The lowest BCUT2D eigenvalue weighted by atomic mass is 10.0. The van der Waals surface area contributed by atoms with Crippen LogP contribution in [0, 0.1) is 15.9 Å². The summed E-state index contributed by atoms with van der Waals surface area (Å²) in [6.07, 6.45) is 2.48. The Kier molecular flexibility index (Phi) is 7.89. The number of hydrogen-bond acceptors (Lipinski definition) is 7. The van der Waals surface area contributed by atoms with E-state index in [0.717, 1.165) is 6.08 Å². The molecule has 1 aromatic rings.